The summed E-state index contributed by atoms with van der Waals surface area (Å²) in [5.41, 5.74) is 3.06. The topological polar surface area (TPSA) is 45.0 Å². The van der Waals surface area contributed by atoms with Gasteiger partial charge in [-0.15, -0.1) is 0 Å². The second-order valence-corrected chi connectivity index (χ2v) is 5.99. The van der Waals surface area contributed by atoms with Crippen LogP contribution in [0.2, 0.25) is 0 Å². The van der Waals surface area contributed by atoms with Gasteiger partial charge in [-0.3, -0.25) is 0 Å². The average molecular weight is 286 g/mol. The Morgan fingerprint density at radius 2 is 2.05 bits per heavy atom. The fourth-order valence-corrected chi connectivity index (χ4v) is 2.92. The Kier molecular flexibility index (Phi) is 6.22. The van der Waals surface area contributed by atoms with E-state index < -0.39 is 0 Å². The van der Waals surface area contributed by atoms with E-state index >= 15 is 0 Å². The second-order valence-electron chi connectivity index (χ2n) is 5.99. The molecule has 1 aliphatic carbocycles. The van der Waals surface area contributed by atoms with Crippen molar-refractivity contribution < 1.29 is 4.74 Å². The van der Waals surface area contributed by atoms with Crippen molar-refractivity contribution in [3.05, 3.63) is 34.9 Å². The molecule has 0 bridgehead atoms. The van der Waals surface area contributed by atoms with E-state index in [1.54, 1.807) is 0 Å². The molecule has 1 N–H and O–H groups in total. The van der Waals surface area contributed by atoms with Gasteiger partial charge in [-0.1, -0.05) is 13.0 Å². The third-order valence-electron chi connectivity index (χ3n) is 4.30. The standard InChI is InChI=1S/C18H26N2O/c1-3-10-20-17-6-8-18(9-7-17)21-13-16-5-4-15(12-19)11-14(16)2/h4-5,11,17-18,20H,3,6-10,13H2,1-2H3. The highest BCUT2D eigenvalue weighted by molar-refractivity contribution is 5.37. The van der Waals surface area contributed by atoms with Crippen molar-refractivity contribution in [1.29, 1.82) is 5.26 Å². The molecule has 3 heteroatoms. The molecule has 0 radical (unpaired) electrons. The van der Waals surface area contributed by atoms with Crippen LogP contribution in [0.3, 0.4) is 0 Å². The molecule has 0 spiro atoms. The van der Waals surface area contributed by atoms with Crippen LogP contribution in [0.25, 0.3) is 0 Å². The fraction of sp³-hybridized carbons (Fsp3) is 0.611. The van der Waals surface area contributed by atoms with Crippen LogP contribution in [0.1, 0.15) is 55.7 Å². The van der Waals surface area contributed by atoms with Gasteiger partial charge in [0.25, 0.3) is 0 Å². The van der Waals surface area contributed by atoms with Gasteiger partial charge in [0.15, 0.2) is 0 Å². The maximum atomic E-state index is 8.89. The summed E-state index contributed by atoms with van der Waals surface area (Å²) >= 11 is 0. The first kappa shape index (κ1) is 16.0. The Balaban J connectivity index is 1.76. The van der Waals surface area contributed by atoms with Crippen molar-refractivity contribution in [3.8, 4) is 6.07 Å². The van der Waals surface area contributed by atoms with Crippen molar-refractivity contribution in [3.63, 3.8) is 0 Å². The first-order chi connectivity index (χ1) is 10.2. The molecule has 2 rings (SSSR count). The molecule has 1 aromatic carbocycles. The molecule has 114 valence electrons. The van der Waals surface area contributed by atoms with E-state index in [1.165, 1.54) is 24.8 Å². The highest BCUT2D eigenvalue weighted by atomic mass is 16.5. The van der Waals surface area contributed by atoms with Crippen molar-refractivity contribution in [1.82, 2.24) is 5.32 Å². The van der Waals surface area contributed by atoms with Gasteiger partial charge in [-0.2, -0.15) is 5.26 Å². The summed E-state index contributed by atoms with van der Waals surface area (Å²) in [6.07, 6.45) is 6.33. The summed E-state index contributed by atoms with van der Waals surface area (Å²) in [4.78, 5) is 0. The van der Waals surface area contributed by atoms with Crippen LogP contribution in [-0.2, 0) is 11.3 Å². The molecule has 0 amide bonds. The van der Waals surface area contributed by atoms with Gasteiger partial charge < -0.3 is 10.1 Å². The van der Waals surface area contributed by atoms with Crippen LogP contribution in [0.15, 0.2) is 18.2 Å². The van der Waals surface area contributed by atoms with E-state index in [2.05, 4.69) is 18.3 Å². The van der Waals surface area contributed by atoms with Gasteiger partial charge in [0, 0.05) is 6.04 Å². The summed E-state index contributed by atoms with van der Waals surface area (Å²) in [6, 6.07) is 8.68. The number of nitriles is 1. The Morgan fingerprint density at radius 1 is 1.29 bits per heavy atom. The molecule has 0 saturated heterocycles. The highest BCUT2D eigenvalue weighted by Crippen LogP contribution is 2.23. The lowest BCUT2D eigenvalue weighted by molar-refractivity contribution is 0.0111. The minimum Gasteiger partial charge on any atom is -0.374 e. The largest absolute Gasteiger partial charge is 0.374 e. The van der Waals surface area contributed by atoms with Crippen LogP contribution in [0.5, 0.6) is 0 Å². The number of benzene rings is 1. The van der Waals surface area contributed by atoms with E-state index in [0.29, 0.717) is 18.8 Å². The summed E-state index contributed by atoms with van der Waals surface area (Å²) in [5, 5.41) is 12.5. The van der Waals surface area contributed by atoms with E-state index in [-0.39, 0.29) is 0 Å². The minimum absolute atomic E-state index is 0.389. The fourth-order valence-electron chi connectivity index (χ4n) is 2.92. The zero-order valence-electron chi connectivity index (χ0n) is 13.2. The van der Waals surface area contributed by atoms with Gasteiger partial charge in [-0.25, -0.2) is 0 Å². The average Bonchev–Trinajstić information content (AvgIpc) is 2.52. The van der Waals surface area contributed by atoms with E-state index in [0.717, 1.165) is 30.5 Å². The molecule has 1 saturated carbocycles. The molecule has 0 unspecified atom stereocenters. The number of rotatable bonds is 6. The maximum absolute atomic E-state index is 8.89. The number of hydrogen-bond donors (Lipinski definition) is 1. The number of nitrogens with one attached hydrogen (secondary N) is 1. The van der Waals surface area contributed by atoms with Crippen molar-refractivity contribution in [2.24, 2.45) is 0 Å². The van der Waals surface area contributed by atoms with Gasteiger partial charge >= 0.3 is 0 Å². The van der Waals surface area contributed by atoms with Gasteiger partial charge in [0.2, 0.25) is 0 Å². The molecule has 21 heavy (non-hydrogen) atoms. The molecule has 0 atom stereocenters. The SMILES string of the molecule is CCCNC1CCC(OCc2ccc(C#N)cc2C)CC1. The molecule has 1 fully saturated rings. The zero-order valence-corrected chi connectivity index (χ0v) is 13.2. The summed E-state index contributed by atoms with van der Waals surface area (Å²) in [7, 11) is 0. The zero-order chi connectivity index (χ0) is 15.1. The maximum Gasteiger partial charge on any atom is 0.0991 e. The summed E-state index contributed by atoms with van der Waals surface area (Å²) < 4.78 is 6.07. The van der Waals surface area contributed by atoms with Crippen molar-refractivity contribution in [2.45, 2.75) is 64.7 Å². The van der Waals surface area contributed by atoms with Crippen LogP contribution in [0, 0.1) is 18.3 Å². The van der Waals surface area contributed by atoms with Crippen LogP contribution < -0.4 is 5.32 Å². The van der Waals surface area contributed by atoms with Gasteiger partial charge in [0.05, 0.1) is 24.3 Å². The van der Waals surface area contributed by atoms with E-state index in [4.69, 9.17) is 10.00 Å². The Hall–Kier alpha value is -1.37. The number of nitrogens with zero attached hydrogens (tertiary/aromatic N) is 1. The predicted octanol–water partition coefficient (Wildman–Crippen LogP) is 3.69. The molecular formula is C18H26N2O. The smallest absolute Gasteiger partial charge is 0.0991 e. The number of ether oxygens (including phenoxy) is 1. The molecule has 0 aliphatic heterocycles. The van der Waals surface area contributed by atoms with Gasteiger partial charge in [0.1, 0.15) is 0 Å². The normalized spacial score (nSPS) is 22.0. The predicted molar refractivity (Wildman–Crippen MR) is 85.0 cm³/mol. The third-order valence-corrected chi connectivity index (χ3v) is 4.30. The number of aryl methyl sites for hydroxylation is 1. The molecule has 0 heterocycles. The molecular weight excluding hydrogens is 260 g/mol. The van der Waals surface area contributed by atoms with Crippen LogP contribution in [0.4, 0.5) is 0 Å². The van der Waals surface area contributed by atoms with Crippen molar-refractivity contribution in [2.75, 3.05) is 6.54 Å². The van der Waals surface area contributed by atoms with E-state index in [1.807, 2.05) is 25.1 Å². The molecule has 1 aromatic rings. The van der Waals surface area contributed by atoms with Crippen LogP contribution >= 0.6 is 0 Å². The monoisotopic (exact) mass is 286 g/mol. The Bertz CT molecular complexity index is 484. The molecule has 3 nitrogen and oxygen atoms in total. The lowest BCUT2D eigenvalue weighted by Gasteiger charge is -2.29. The summed E-state index contributed by atoms with van der Waals surface area (Å²) in [5.74, 6) is 0. The number of hydrogen-bond acceptors (Lipinski definition) is 3. The van der Waals surface area contributed by atoms with Gasteiger partial charge in [-0.05, 0) is 68.8 Å². The van der Waals surface area contributed by atoms with Crippen LogP contribution in [-0.4, -0.2) is 18.7 Å². The summed E-state index contributed by atoms with van der Waals surface area (Å²) in [6.45, 7) is 6.04. The third kappa shape index (κ3) is 4.84. The second kappa shape index (κ2) is 8.17. The Labute approximate surface area is 128 Å². The minimum atomic E-state index is 0.389. The first-order valence-electron chi connectivity index (χ1n) is 8.07. The lowest BCUT2D eigenvalue weighted by Crippen LogP contribution is -2.35. The Morgan fingerprint density at radius 3 is 2.67 bits per heavy atom. The highest BCUT2D eigenvalue weighted by Gasteiger charge is 2.21. The van der Waals surface area contributed by atoms with Crippen molar-refractivity contribution >= 4 is 0 Å². The lowest BCUT2D eigenvalue weighted by atomic mass is 9.93. The van der Waals surface area contributed by atoms with E-state index in [9.17, 15) is 0 Å². The molecule has 1 aliphatic rings. The quantitative estimate of drug-likeness (QED) is 0.867. The molecule has 0 aromatic heterocycles. The first-order valence-corrected chi connectivity index (χ1v) is 8.07.